The second-order valence-electron chi connectivity index (χ2n) is 11.4. The molecule has 1 saturated heterocycles. The van der Waals surface area contributed by atoms with Crippen LogP contribution in [0.15, 0.2) is 79.3 Å². The van der Waals surface area contributed by atoms with Gasteiger partial charge in [0.25, 0.3) is 11.8 Å². The summed E-state index contributed by atoms with van der Waals surface area (Å²) in [5, 5.41) is 15.9. The Kier molecular flexibility index (Phi) is 9.08. The molecular weight excluding hydrogens is 580 g/mol. The molecule has 12 nitrogen and oxygen atoms in total. The third-order valence-electron chi connectivity index (χ3n) is 8.00. The van der Waals surface area contributed by atoms with Gasteiger partial charge in [0.2, 0.25) is 5.95 Å². The Bertz CT molecular complexity index is 1850. The first kappa shape index (κ1) is 30.6. The van der Waals surface area contributed by atoms with E-state index < -0.39 is 0 Å². The number of carbonyl (C=O) groups excluding carboxylic acids is 2. The fraction of sp³-hybridized carbons (Fsp3) is 0.235. The van der Waals surface area contributed by atoms with Gasteiger partial charge in [-0.2, -0.15) is 5.10 Å². The van der Waals surface area contributed by atoms with Gasteiger partial charge in [0.05, 0.1) is 11.4 Å². The van der Waals surface area contributed by atoms with Crippen LogP contribution in [0.4, 0.5) is 17.3 Å². The van der Waals surface area contributed by atoms with Gasteiger partial charge >= 0.3 is 0 Å². The molecular formula is C34H36N10O2. The van der Waals surface area contributed by atoms with Crippen LogP contribution >= 0.6 is 0 Å². The zero-order valence-corrected chi connectivity index (χ0v) is 26.0. The maximum Gasteiger partial charge on any atom is 0.269 e. The minimum Gasteiger partial charge on any atom is -0.354 e. The minimum atomic E-state index is -0.251. The lowest BCUT2D eigenvalue weighted by Crippen LogP contribution is -2.43. The highest BCUT2D eigenvalue weighted by atomic mass is 16.2. The number of hydrogen-bond donors (Lipinski definition) is 4. The van der Waals surface area contributed by atoms with Crippen molar-refractivity contribution in [3.05, 3.63) is 102 Å². The first-order valence-corrected chi connectivity index (χ1v) is 15.1. The standard InChI is InChI=1S/C34H36N10O2/c1-22-4-9-27(38-32(45)24-7-5-23(6-8-24)21-44-14-12-43(3)13-15-44)17-29(22)40-34-37-11-10-28(39-34)25-16-26(20-36-19-25)30-18-31(42-41-30)33(46)35-2/h4-11,16-20H,12-15,21H2,1-3H3,(H,35,46)(H,38,45)(H,41,42)(H,37,39,40). The predicted molar refractivity (Wildman–Crippen MR) is 178 cm³/mol. The smallest absolute Gasteiger partial charge is 0.269 e. The molecule has 4 N–H and O–H groups in total. The Hall–Kier alpha value is -5.46. The van der Waals surface area contributed by atoms with Crippen molar-refractivity contribution in [1.29, 1.82) is 0 Å². The number of likely N-dealkylation sites (N-methyl/N-ethyl adjacent to an activating group) is 1. The average Bonchev–Trinajstić information content (AvgIpc) is 3.58. The third-order valence-corrected chi connectivity index (χ3v) is 8.00. The average molecular weight is 617 g/mol. The topological polar surface area (TPSA) is 144 Å². The third kappa shape index (κ3) is 7.25. The molecule has 4 heterocycles. The Balaban J connectivity index is 1.12. The van der Waals surface area contributed by atoms with Crippen molar-refractivity contribution >= 4 is 29.1 Å². The maximum atomic E-state index is 13.1. The van der Waals surface area contributed by atoms with E-state index in [2.05, 4.69) is 53.0 Å². The van der Waals surface area contributed by atoms with Crippen LogP contribution in [0.3, 0.4) is 0 Å². The van der Waals surface area contributed by atoms with Crippen molar-refractivity contribution in [2.75, 3.05) is 50.9 Å². The highest BCUT2D eigenvalue weighted by Gasteiger charge is 2.15. The molecule has 0 radical (unpaired) electrons. The molecule has 0 aliphatic carbocycles. The van der Waals surface area contributed by atoms with Crippen LogP contribution in [-0.4, -0.2) is 87.0 Å². The number of rotatable bonds is 9. The lowest BCUT2D eigenvalue weighted by Gasteiger charge is -2.32. The van der Waals surface area contributed by atoms with Gasteiger partial charge in [0.1, 0.15) is 5.69 Å². The number of benzene rings is 2. The largest absolute Gasteiger partial charge is 0.354 e. The van der Waals surface area contributed by atoms with Crippen molar-refractivity contribution in [2.45, 2.75) is 13.5 Å². The lowest BCUT2D eigenvalue weighted by atomic mass is 10.1. The Morgan fingerprint density at radius 1 is 0.891 bits per heavy atom. The molecule has 0 saturated carbocycles. The van der Waals surface area contributed by atoms with E-state index in [4.69, 9.17) is 4.98 Å². The number of amides is 2. The Morgan fingerprint density at radius 2 is 1.65 bits per heavy atom. The molecule has 5 aromatic rings. The minimum absolute atomic E-state index is 0.175. The van der Waals surface area contributed by atoms with E-state index in [-0.39, 0.29) is 11.8 Å². The van der Waals surface area contributed by atoms with Crippen LogP contribution < -0.4 is 16.0 Å². The zero-order chi connectivity index (χ0) is 32.0. The second-order valence-corrected chi connectivity index (χ2v) is 11.4. The molecule has 12 heteroatoms. The number of aromatic amines is 1. The molecule has 1 aliphatic rings. The molecule has 1 fully saturated rings. The van der Waals surface area contributed by atoms with Gasteiger partial charge in [-0.25, -0.2) is 9.97 Å². The molecule has 46 heavy (non-hydrogen) atoms. The van der Waals surface area contributed by atoms with Gasteiger partial charge in [-0.1, -0.05) is 18.2 Å². The van der Waals surface area contributed by atoms with E-state index in [9.17, 15) is 9.59 Å². The summed E-state index contributed by atoms with van der Waals surface area (Å²) in [4.78, 5) is 43.3. The number of aryl methyl sites for hydroxylation is 1. The summed E-state index contributed by atoms with van der Waals surface area (Å²) in [5.41, 5.74) is 7.30. The molecule has 234 valence electrons. The fourth-order valence-corrected chi connectivity index (χ4v) is 5.20. The summed E-state index contributed by atoms with van der Waals surface area (Å²) in [5.74, 6) is -0.0304. The van der Waals surface area contributed by atoms with Crippen molar-refractivity contribution in [2.24, 2.45) is 0 Å². The normalized spacial score (nSPS) is 13.7. The number of aromatic nitrogens is 5. The SMILES string of the molecule is CNC(=O)c1cc(-c2cncc(-c3ccnc(Nc4cc(NC(=O)c5ccc(CN6CCN(C)CC6)cc5)ccc4C)n3)c2)n[nH]1. The molecule has 2 aromatic carbocycles. The van der Waals surface area contributed by atoms with Crippen LogP contribution in [0.5, 0.6) is 0 Å². The monoisotopic (exact) mass is 616 g/mol. The molecule has 3 aromatic heterocycles. The van der Waals surface area contributed by atoms with Gasteiger partial charge in [-0.3, -0.25) is 24.6 Å². The predicted octanol–water partition coefficient (Wildman–Crippen LogP) is 4.34. The summed E-state index contributed by atoms with van der Waals surface area (Å²) >= 11 is 0. The van der Waals surface area contributed by atoms with Crippen LogP contribution in [0.1, 0.15) is 32.0 Å². The highest BCUT2D eigenvalue weighted by molar-refractivity contribution is 6.04. The number of pyridine rings is 1. The summed E-state index contributed by atoms with van der Waals surface area (Å²) < 4.78 is 0. The van der Waals surface area contributed by atoms with E-state index in [1.165, 1.54) is 5.56 Å². The first-order valence-electron chi connectivity index (χ1n) is 15.1. The van der Waals surface area contributed by atoms with Crippen molar-refractivity contribution in [1.82, 2.24) is 40.3 Å². The Morgan fingerprint density at radius 3 is 2.41 bits per heavy atom. The molecule has 0 bridgehead atoms. The molecule has 6 rings (SSSR count). The number of H-pyrrole nitrogens is 1. The van der Waals surface area contributed by atoms with Crippen LogP contribution in [-0.2, 0) is 6.54 Å². The van der Waals surface area contributed by atoms with E-state index in [0.29, 0.717) is 34.3 Å². The lowest BCUT2D eigenvalue weighted by molar-refractivity contribution is 0.0957. The molecule has 0 unspecified atom stereocenters. The molecule has 1 aliphatic heterocycles. The van der Waals surface area contributed by atoms with Crippen molar-refractivity contribution in [3.8, 4) is 22.5 Å². The van der Waals surface area contributed by atoms with Gasteiger partial charge in [-0.05, 0) is 67.6 Å². The summed E-state index contributed by atoms with van der Waals surface area (Å²) in [7, 11) is 3.72. The van der Waals surface area contributed by atoms with E-state index in [0.717, 1.165) is 55.1 Å². The van der Waals surface area contributed by atoms with Gasteiger partial charge < -0.3 is 20.9 Å². The molecule has 0 spiro atoms. The van der Waals surface area contributed by atoms with Crippen LogP contribution in [0, 0.1) is 6.92 Å². The van der Waals surface area contributed by atoms with Gasteiger partial charge in [0, 0.05) is 86.4 Å². The van der Waals surface area contributed by atoms with E-state index in [1.807, 2.05) is 55.5 Å². The van der Waals surface area contributed by atoms with E-state index >= 15 is 0 Å². The molecule has 2 amide bonds. The van der Waals surface area contributed by atoms with E-state index in [1.54, 1.807) is 37.8 Å². The van der Waals surface area contributed by atoms with Crippen molar-refractivity contribution < 1.29 is 9.59 Å². The second kappa shape index (κ2) is 13.7. The Labute approximate surface area is 267 Å². The number of carbonyl (C=O) groups is 2. The summed E-state index contributed by atoms with van der Waals surface area (Å²) in [6.45, 7) is 7.12. The van der Waals surface area contributed by atoms with Crippen molar-refractivity contribution in [3.63, 3.8) is 0 Å². The molecule has 0 atom stereocenters. The summed E-state index contributed by atoms with van der Waals surface area (Å²) in [6.07, 6.45) is 5.06. The fourth-order valence-electron chi connectivity index (χ4n) is 5.20. The van der Waals surface area contributed by atoms with Crippen LogP contribution in [0.2, 0.25) is 0 Å². The van der Waals surface area contributed by atoms with Crippen LogP contribution in [0.25, 0.3) is 22.5 Å². The first-order chi connectivity index (χ1) is 22.3. The highest BCUT2D eigenvalue weighted by Crippen LogP contribution is 2.27. The number of piperazine rings is 1. The number of nitrogens with one attached hydrogen (secondary N) is 4. The summed E-state index contributed by atoms with van der Waals surface area (Å²) in [6, 6.07) is 18.9. The quantitative estimate of drug-likeness (QED) is 0.190. The zero-order valence-electron chi connectivity index (χ0n) is 26.0. The maximum absolute atomic E-state index is 13.1. The number of hydrogen-bond acceptors (Lipinski definition) is 9. The van der Waals surface area contributed by atoms with Gasteiger partial charge in [-0.15, -0.1) is 0 Å². The number of nitrogens with zero attached hydrogens (tertiary/aromatic N) is 6. The van der Waals surface area contributed by atoms with Gasteiger partial charge in [0.15, 0.2) is 0 Å². The number of anilines is 3.